The van der Waals surface area contributed by atoms with Crippen molar-refractivity contribution in [3.63, 3.8) is 0 Å². The third-order valence-electron chi connectivity index (χ3n) is 4.11. The summed E-state index contributed by atoms with van der Waals surface area (Å²) in [6.45, 7) is 8.07. The van der Waals surface area contributed by atoms with Crippen molar-refractivity contribution in [2.75, 3.05) is 32.8 Å². The van der Waals surface area contributed by atoms with E-state index in [2.05, 4.69) is 22.1 Å². The second-order valence-electron chi connectivity index (χ2n) is 6.03. The number of carbonyl (C=O) groups excluding carboxylic acids is 1. The van der Waals surface area contributed by atoms with Crippen LogP contribution in [0.4, 0.5) is 0 Å². The molecule has 1 unspecified atom stereocenters. The third kappa shape index (κ3) is 4.43. The number of thiazole rings is 1. The lowest BCUT2D eigenvalue weighted by Gasteiger charge is -2.32. The highest BCUT2D eigenvalue weighted by molar-refractivity contribution is 7.13. The van der Waals surface area contributed by atoms with Gasteiger partial charge < -0.3 is 14.5 Å². The highest BCUT2D eigenvalue weighted by Crippen LogP contribution is 2.25. The Labute approximate surface area is 145 Å². The first-order valence-electron chi connectivity index (χ1n) is 8.21. The molecule has 1 aliphatic rings. The maximum atomic E-state index is 12.1. The minimum absolute atomic E-state index is 0.00239. The van der Waals surface area contributed by atoms with E-state index in [9.17, 15) is 4.79 Å². The minimum Gasteiger partial charge on any atom is -0.459 e. The van der Waals surface area contributed by atoms with Gasteiger partial charge >= 0.3 is 0 Å². The summed E-state index contributed by atoms with van der Waals surface area (Å²) in [7, 11) is 0. The van der Waals surface area contributed by atoms with Crippen molar-refractivity contribution in [1.82, 2.24) is 15.2 Å². The predicted octanol–water partition coefficient (Wildman–Crippen LogP) is 2.09. The third-order valence-corrected chi connectivity index (χ3v) is 5.01. The van der Waals surface area contributed by atoms with Crippen LogP contribution in [0, 0.1) is 6.92 Å². The fraction of sp³-hybridized carbons (Fsp3) is 0.529. The van der Waals surface area contributed by atoms with Gasteiger partial charge in [-0.05, 0) is 26.0 Å². The second-order valence-corrected chi connectivity index (χ2v) is 6.89. The van der Waals surface area contributed by atoms with Gasteiger partial charge in [0, 0.05) is 31.1 Å². The SMILES string of the molecule is Cc1ccc(-c2nc(CC(=O)NCC(C)N3CCOCC3)cs2)o1. The molecular weight excluding hydrogens is 326 g/mol. The van der Waals surface area contributed by atoms with Gasteiger partial charge in [-0.15, -0.1) is 11.3 Å². The zero-order chi connectivity index (χ0) is 16.9. The summed E-state index contributed by atoms with van der Waals surface area (Å²) < 4.78 is 10.9. The average molecular weight is 349 g/mol. The van der Waals surface area contributed by atoms with Gasteiger partial charge in [-0.3, -0.25) is 9.69 Å². The van der Waals surface area contributed by atoms with Crippen molar-refractivity contribution < 1.29 is 13.9 Å². The van der Waals surface area contributed by atoms with E-state index < -0.39 is 0 Å². The summed E-state index contributed by atoms with van der Waals surface area (Å²) in [5, 5.41) is 5.73. The Hall–Kier alpha value is -1.70. The second kappa shape index (κ2) is 7.92. The molecule has 0 spiro atoms. The van der Waals surface area contributed by atoms with Crippen LogP contribution in [0.1, 0.15) is 18.4 Å². The molecule has 2 aromatic rings. The maximum Gasteiger partial charge on any atom is 0.226 e. The van der Waals surface area contributed by atoms with Crippen LogP contribution in [0.2, 0.25) is 0 Å². The summed E-state index contributed by atoms with van der Waals surface area (Å²) in [4.78, 5) is 19.0. The molecule has 3 rings (SSSR count). The highest BCUT2D eigenvalue weighted by Gasteiger charge is 2.18. The lowest BCUT2D eigenvalue weighted by Crippen LogP contribution is -2.47. The summed E-state index contributed by atoms with van der Waals surface area (Å²) in [6.07, 6.45) is 0.298. The molecule has 0 saturated carbocycles. The molecule has 7 heteroatoms. The number of hydrogen-bond acceptors (Lipinski definition) is 6. The molecule has 2 aromatic heterocycles. The fourth-order valence-electron chi connectivity index (χ4n) is 2.69. The van der Waals surface area contributed by atoms with Crippen molar-refractivity contribution in [3.8, 4) is 10.8 Å². The molecule has 1 fully saturated rings. The normalized spacial score (nSPS) is 16.9. The predicted molar refractivity (Wildman–Crippen MR) is 93.1 cm³/mol. The molecule has 3 heterocycles. The molecule has 6 nitrogen and oxygen atoms in total. The van der Waals surface area contributed by atoms with Crippen LogP contribution in [0.25, 0.3) is 10.8 Å². The van der Waals surface area contributed by atoms with Crippen LogP contribution in [-0.4, -0.2) is 54.7 Å². The molecule has 1 N–H and O–H groups in total. The topological polar surface area (TPSA) is 67.6 Å². The highest BCUT2D eigenvalue weighted by atomic mass is 32.1. The van der Waals surface area contributed by atoms with E-state index in [0.29, 0.717) is 19.0 Å². The van der Waals surface area contributed by atoms with E-state index in [-0.39, 0.29) is 5.91 Å². The smallest absolute Gasteiger partial charge is 0.226 e. The monoisotopic (exact) mass is 349 g/mol. The Bertz CT molecular complexity index is 676. The fourth-order valence-corrected chi connectivity index (χ4v) is 3.47. The van der Waals surface area contributed by atoms with E-state index in [1.54, 1.807) is 0 Å². The zero-order valence-electron chi connectivity index (χ0n) is 14.1. The van der Waals surface area contributed by atoms with Crippen molar-refractivity contribution in [2.24, 2.45) is 0 Å². The summed E-state index contributed by atoms with van der Waals surface area (Å²) in [5.74, 6) is 1.62. The average Bonchev–Trinajstić information content (AvgIpc) is 3.22. The molecule has 130 valence electrons. The van der Waals surface area contributed by atoms with Gasteiger partial charge in [0.1, 0.15) is 5.76 Å². The molecule has 0 radical (unpaired) electrons. The molecule has 1 aliphatic heterocycles. The first-order chi connectivity index (χ1) is 11.6. The Morgan fingerprint density at radius 1 is 1.42 bits per heavy atom. The number of nitrogens with one attached hydrogen (secondary N) is 1. The number of ether oxygens (including phenoxy) is 1. The molecule has 1 atom stereocenters. The van der Waals surface area contributed by atoms with Crippen molar-refractivity contribution in [1.29, 1.82) is 0 Å². The van der Waals surface area contributed by atoms with Gasteiger partial charge in [-0.1, -0.05) is 0 Å². The van der Waals surface area contributed by atoms with Crippen LogP contribution in [0.5, 0.6) is 0 Å². The van der Waals surface area contributed by atoms with Gasteiger partial charge in [0.05, 0.1) is 25.3 Å². The van der Waals surface area contributed by atoms with E-state index >= 15 is 0 Å². The lowest BCUT2D eigenvalue weighted by atomic mass is 10.2. The first-order valence-corrected chi connectivity index (χ1v) is 9.09. The molecule has 24 heavy (non-hydrogen) atoms. The summed E-state index contributed by atoms with van der Waals surface area (Å²) in [6, 6.07) is 4.13. The van der Waals surface area contributed by atoms with E-state index in [4.69, 9.17) is 9.15 Å². The summed E-state index contributed by atoms with van der Waals surface area (Å²) in [5.41, 5.74) is 0.778. The van der Waals surface area contributed by atoms with Gasteiger partial charge in [0.25, 0.3) is 0 Å². The molecule has 0 aliphatic carbocycles. The van der Waals surface area contributed by atoms with Crippen LogP contribution in [-0.2, 0) is 16.0 Å². The molecule has 1 amide bonds. The lowest BCUT2D eigenvalue weighted by molar-refractivity contribution is -0.120. The van der Waals surface area contributed by atoms with Crippen molar-refractivity contribution >= 4 is 17.2 Å². The molecule has 1 saturated heterocycles. The number of furan rings is 1. The van der Waals surface area contributed by atoms with Gasteiger partial charge in [0.15, 0.2) is 10.8 Å². The number of aryl methyl sites for hydroxylation is 1. The van der Waals surface area contributed by atoms with E-state index in [0.717, 1.165) is 48.5 Å². The van der Waals surface area contributed by atoms with Crippen LogP contribution >= 0.6 is 11.3 Å². The maximum absolute atomic E-state index is 12.1. The van der Waals surface area contributed by atoms with Gasteiger partial charge in [-0.25, -0.2) is 4.98 Å². The van der Waals surface area contributed by atoms with Crippen LogP contribution in [0.3, 0.4) is 0 Å². The zero-order valence-corrected chi connectivity index (χ0v) is 14.9. The molecule has 0 bridgehead atoms. The van der Waals surface area contributed by atoms with Crippen LogP contribution < -0.4 is 5.32 Å². The largest absolute Gasteiger partial charge is 0.459 e. The van der Waals surface area contributed by atoms with Gasteiger partial charge in [-0.2, -0.15) is 0 Å². The number of carbonyl (C=O) groups is 1. The number of amides is 1. The number of nitrogens with zero attached hydrogens (tertiary/aromatic N) is 2. The first kappa shape index (κ1) is 17.1. The van der Waals surface area contributed by atoms with E-state index in [1.807, 2.05) is 24.4 Å². The van der Waals surface area contributed by atoms with Crippen molar-refractivity contribution in [3.05, 3.63) is 29.0 Å². The van der Waals surface area contributed by atoms with Crippen molar-refractivity contribution in [2.45, 2.75) is 26.3 Å². The number of aromatic nitrogens is 1. The number of morpholine rings is 1. The Balaban J connectivity index is 1.47. The Kier molecular flexibility index (Phi) is 5.65. The number of hydrogen-bond donors (Lipinski definition) is 1. The summed E-state index contributed by atoms with van der Waals surface area (Å²) >= 11 is 1.50. The number of rotatable bonds is 6. The van der Waals surface area contributed by atoms with Crippen LogP contribution in [0.15, 0.2) is 21.9 Å². The molecule has 0 aromatic carbocycles. The Morgan fingerprint density at radius 3 is 2.92 bits per heavy atom. The quantitative estimate of drug-likeness (QED) is 0.865. The standard InChI is InChI=1S/C17H23N3O3S/c1-12(20-5-7-22-8-6-20)10-18-16(21)9-14-11-24-17(19-14)15-4-3-13(2)23-15/h3-4,11-12H,5-10H2,1-2H3,(H,18,21). The molecular formula is C17H23N3O3S. The van der Waals surface area contributed by atoms with Gasteiger partial charge in [0.2, 0.25) is 5.91 Å². The van der Waals surface area contributed by atoms with E-state index in [1.165, 1.54) is 11.3 Å². The minimum atomic E-state index is 0.00239. The Morgan fingerprint density at radius 2 is 2.21 bits per heavy atom.